The van der Waals surface area contributed by atoms with Gasteiger partial charge < -0.3 is 9.51 Å². The third-order valence-corrected chi connectivity index (χ3v) is 6.44. The van der Waals surface area contributed by atoms with Crippen molar-refractivity contribution in [2.45, 2.75) is 18.3 Å². The largest absolute Gasteiger partial charge is 0.478 e. The Bertz CT molecular complexity index is 1230. The summed E-state index contributed by atoms with van der Waals surface area (Å²) in [6, 6.07) is 21.0. The molecular weight excluding hydrogens is 405 g/mol. The van der Waals surface area contributed by atoms with Crippen molar-refractivity contribution in [1.82, 2.24) is 4.40 Å². The first-order chi connectivity index (χ1) is 14.0. The Morgan fingerprint density at radius 1 is 0.931 bits per heavy atom. The molecule has 0 aliphatic heterocycles. The smallest absolute Gasteiger partial charge is 0.335 e. The monoisotopic (exact) mass is 421 g/mol. The van der Waals surface area contributed by atoms with Crippen LogP contribution in [-0.4, -0.2) is 15.5 Å². The second-order valence-electron chi connectivity index (χ2n) is 7.46. The van der Waals surface area contributed by atoms with Gasteiger partial charge >= 0.3 is 5.97 Å². The number of nitrogens with zero attached hydrogens (tertiary/aromatic N) is 1. The Balaban J connectivity index is 1.72. The summed E-state index contributed by atoms with van der Waals surface area (Å²) in [6.07, 6.45) is 4.01. The number of halogens is 2. The standard InChI is InChI=1S/C24H17Cl2NO2/c25-18-4-3-5-19(26)22(18)24(11-12-24)17-14-21(27-13-2-1-6-20(17)27)15-7-9-16(10-8-15)23(28)29/h1-10,13-14H,11-12H2,(H,28,29). The van der Waals surface area contributed by atoms with E-state index in [0.717, 1.165) is 35.2 Å². The molecule has 1 fully saturated rings. The fourth-order valence-electron chi connectivity index (χ4n) is 4.28. The van der Waals surface area contributed by atoms with Crippen LogP contribution in [0.5, 0.6) is 0 Å². The quantitative estimate of drug-likeness (QED) is 0.398. The Kier molecular flexibility index (Phi) is 4.19. The maximum absolute atomic E-state index is 11.2. The summed E-state index contributed by atoms with van der Waals surface area (Å²) in [6.45, 7) is 0. The normalized spacial score (nSPS) is 14.8. The van der Waals surface area contributed by atoms with E-state index in [0.29, 0.717) is 10.0 Å². The molecule has 29 heavy (non-hydrogen) atoms. The Hall–Kier alpha value is -2.75. The van der Waals surface area contributed by atoms with E-state index in [1.165, 1.54) is 5.56 Å². The van der Waals surface area contributed by atoms with Gasteiger partial charge in [-0.15, -0.1) is 0 Å². The molecule has 1 aliphatic rings. The number of rotatable bonds is 4. The first-order valence-corrected chi connectivity index (χ1v) is 10.2. The van der Waals surface area contributed by atoms with Gasteiger partial charge in [0.15, 0.2) is 0 Å². The number of hydrogen-bond acceptors (Lipinski definition) is 1. The number of carboxylic acid groups (broad SMARTS) is 1. The zero-order valence-corrected chi connectivity index (χ0v) is 16.9. The topological polar surface area (TPSA) is 41.7 Å². The Morgan fingerprint density at radius 3 is 2.24 bits per heavy atom. The van der Waals surface area contributed by atoms with Crippen LogP contribution in [0, 0.1) is 0 Å². The molecule has 0 spiro atoms. The van der Waals surface area contributed by atoms with Crippen LogP contribution < -0.4 is 0 Å². The number of aromatic carboxylic acids is 1. The highest BCUT2D eigenvalue weighted by Crippen LogP contribution is 2.59. The number of fused-ring (bicyclic) bond motifs is 1. The molecule has 2 aromatic heterocycles. The van der Waals surface area contributed by atoms with Gasteiger partial charge in [-0.1, -0.05) is 47.5 Å². The van der Waals surface area contributed by atoms with Crippen LogP contribution in [0.3, 0.4) is 0 Å². The summed E-state index contributed by atoms with van der Waals surface area (Å²) in [4.78, 5) is 11.2. The zero-order chi connectivity index (χ0) is 20.2. The third kappa shape index (κ3) is 2.85. The molecule has 4 aromatic rings. The summed E-state index contributed by atoms with van der Waals surface area (Å²) in [5, 5.41) is 10.6. The van der Waals surface area contributed by atoms with Gasteiger partial charge in [-0.05, 0) is 72.0 Å². The molecule has 1 N–H and O–H groups in total. The fourth-order valence-corrected chi connectivity index (χ4v) is 5.04. The Labute approximate surface area is 178 Å². The SMILES string of the molecule is O=C(O)c1ccc(-c2cc(C3(c4c(Cl)cccc4Cl)CC3)c3ccccn23)cc1. The van der Waals surface area contributed by atoms with Crippen molar-refractivity contribution in [3.05, 3.63) is 99.7 Å². The predicted octanol–water partition coefficient (Wildman–Crippen LogP) is 6.69. The molecule has 144 valence electrons. The van der Waals surface area contributed by atoms with Gasteiger partial charge in [-0.25, -0.2) is 4.79 Å². The van der Waals surface area contributed by atoms with E-state index >= 15 is 0 Å². The molecule has 1 aliphatic carbocycles. The summed E-state index contributed by atoms with van der Waals surface area (Å²) < 4.78 is 2.15. The molecule has 5 heteroatoms. The lowest BCUT2D eigenvalue weighted by Gasteiger charge is -2.18. The number of aromatic nitrogens is 1. The lowest BCUT2D eigenvalue weighted by atomic mass is 9.88. The molecule has 0 radical (unpaired) electrons. The van der Waals surface area contributed by atoms with Crippen LogP contribution in [0.4, 0.5) is 0 Å². The highest BCUT2D eigenvalue weighted by molar-refractivity contribution is 6.36. The molecule has 0 saturated heterocycles. The minimum absolute atomic E-state index is 0.193. The molecule has 2 heterocycles. The number of hydrogen-bond donors (Lipinski definition) is 1. The maximum atomic E-state index is 11.2. The second-order valence-corrected chi connectivity index (χ2v) is 8.27. The molecular formula is C24H17Cl2NO2. The van der Waals surface area contributed by atoms with Crippen molar-refractivity contribution in [2.75, 3.05) is 0 Å². The second kappa shape index (κ2) is 6.65. The van der Waals surface area contributed by atoms with Gasteiger partial charge in [-0.3, -0.25) is 0 Å². The van der Waals surface area contributed by atoms with Gasteiger partial charge in [0, 0.05) is 27.2 Å². The van der Waals surface area contributed by atoms with Gasteiger partial charge in [0.05, 0.1) is 11.3 Å². The van der Waals surface area contributed by atoms with E-state index in [9.17, 15) is 9.90 Å². The first kappa shape index (κ1) is 18.3. The van der Waals surface area contributed by atoms with Crippen molar-refractivity contribution in [3.63, 3.8) is 0 Å². The Morgan fingerprint density at radius 2 is 1.62 bits per heavy atom. The lowest BCUT2D eigenvalue weighted by molar-refractivity contribution is 0.0697. The van der Waals surface area contributed by atoms with Gasteiger partial charge in [0.1, 0.15) is 0 Å². The van der Waals surface area contributed by atoms with E-state index in [1.54, 1.807) is 12.1 Å². The molecule has 0 unspecified atom stereocenters. The van der Waals surface area contributed by atoms with E-state index in [-0.39, 0.29) is 11.0 Å². The minimum Gasteiger partial charge on any atom is -0.478 e. The van der Waals surface area contributed by atoms with Crippen LogP contribution in [0.25, 0.3) is 16.8 Å². The maximum Gasteiger partial charge on any atom is 0.335 e. The van der Waals surface area contributed by atoms with Crippen LogP contribution in [0.1, 0.15) is 34.3 Å². The number of carbonyl (C=O) groups is 1. The number of benzene rings is 2. The average molecular weight is 422 g/mol. The van der Waals surface area contributed by atoms with E-state index < -0.39 is 5.97 Å². The van der Waals surface area contributed by atoms with Gasteiger partial charge in [0.2, 0.25) is 0 Å². The van der Waals surface area contributed by atoms with Crippen molar-refractivity contribution in [2.24, 2.45) is 0 Å². The summed E-state index contributed by atoms with van der Waals surface area (Å²) in [7, 11) is 0. The molecule has 1 saturated carbocycles. The third-order valence-electron chi connectivity index (χ3n) is 5.81. The van der Waals surface area contributed by atoms with Gasteiger partial charge in [-0.2, -0.15) is 0 Å². The van der Waals surface area contributed by atoms with Crippen molar-refractivity contribution in [1.29, 1.82) is 0 Å². The highest BCUT2D eigenvalue weighted by atomic mass is 35.5. The van der Waals surface area contributed by atoms with Crippen LogP contribution in [0.15, 0.2) is 72.9 Å². The molecule has 3 nitrogen and oxygen atoms in total. The van der Waals surface area contributed by atoms with Crippen LogP contribution in [-0.2, 0) is 5.41 Å². The van der Waals surface area contributed by atoms with Crippen LogP contribution in [0.2, 0.25) is 10.0 Å². The molecule has 5 rings (SSSR count). The van der Waals surface area contributed by atoms with E-state index in [2.05, 4.69) is 16.5 Å². The summed E-state index contributed by atoms with van der Waals surface area (Å²) >= 11 is 13.2. The number of carboxylic acids is 1. The summed E-state index contributed by atoms with van der Waals surface area (Å²) in [5.41, 5.74) is 5.36. The predicted molar refractivity (Wildman–Crippen MR) is 116 cm³/mol. The minimum atomic E-state index is -0.928. The molecule has 0 atom stereocenters. The first-order valence-electron chi connectivity index (χ1n) is 9.40. The van der Waals surface area contributed by atoms with Crippen molar-refractivity contribution >= 4 is 34.7 Å². The van der Waals surface area contributed by atoms with Gasteiger partial charge in [0.25, 0.3) is 0 Å². The average Bonchev–Trinajstić information content (AvgIpc) is 3.41. The van der Waals surface area contributed by atoms with E-state index in [4.69, 9.17) is 23.2 Å². The zero-order valence-electron chi connectivity index (χ0n) is 15.4. The molecule has 2 aromatic carbocycles. The fraction of sp³-hybridized carbons (Fsp3) is 0.125. The lowest BCUT2D eigenvalue weighted by Crippen LogP contribution is -2.10. The molecule has 0 bridgehead atoms. The van der Waals surface area contributed by atoms with Crippen molar-refractivity contribution < 1.29 is 9.90 Å². The molecule has 0 amide bonds. The van der Waals surface area contributed by atoms with Crippen molar-refractivity contribution in [3.8, 4) is 11.3 Å². The van der Waals surface area contributed by atoms with Crippen LogP contribution >= 0.6 is 23.2 Å². The number of pyridine rings is 1. The van der Waals surface area contributed by atoms with E-state index in [1.807, 2.05) is 48.7 Å². The highest BCUT2D eigenvalue weighted by Gasteiger charge is 2.50. The summed E-state index contributed by atoms with van der Waals surface area (Å²) in [5.74, 6) is -0.928.